The number of carbonyl (C=O) groups is 1. The maximum absolute atomic E-state index is 10.7. The molecule has 0 radical (unpaired) electrons. The summed E-state index contributed by atoms with van der Waals surface area (Å²) in [7, 11) is 1.76. The third-order valence-electron chi connectivity index (χ3n) is 2.66. The number of aryl methyl sites for hydroxylation is 1. The Labute approximate surface area is 93.0 Å². The molecule has 0 aliphatic carbocycles. The van der Waals surface area contributed by atoms with Crippen LogP contribution in [0.25, 0.3) is 0 Å². The van der Waals surface area contributed by atoms with Gasteiger partial charge in [0.05, 0.1) is 30.6 Å². The first-order valence-corrected chi connectivity index (χ1v) is 4.99. The van der Waals surface area contributed by atoms with E-state index in [2.05, 4.69) is 11.2 Å². The van der Waals surface area contributed by atoms with Crippen molar-refractivity contribution in [1.82, 2.24) is 14.7 Å². The van der Waals surface area contributed by atoms with Crippen LogP contribution in [-0.4, -0.2) is 40.8 Å². The number of carbonyl (C=O) groups excluding carboxylic acids is 1. The molecule has 16 heavy (non-hydrogen) atoms. The molecule has 2 rings (SSSR count). The van der Waals surface area contributed by atoms with Crippen molar-refractivity contribution in [3.05, 3.63) is 17.5 Å². The Morgan fingerprint density at radius 2 is 2.56 bits per heavy atom. The summed E-state index contributed by atoms with van der Waals surface area (Å²) in [5.74, 6) is 0. The lowest BCUT2D eigenvalue weighted by molar-refractivity contribution is -0.125. The number of rotatable bonds is 2. The van der Waals surface area contributed by atoms with Gasteiger partial charge in [0, 0.05) is 13.6 Å². The molecule has 0 aromatic carbocycles. The topological polar surface area (TPSA) is 71.2 Å². The molecule has 1 atom stereocenters. The van der Waals surface area contributed by atoms with Gasteiger partial charge in [-0.25, -0.2) is 0 Å². The second-order valence-corrected chi connectivity index (χ2v) is 3.64. The summed E-state index contributed by atoms with van der Waals surface area (Å²) in [6.07, 6.45) is 2.05. The monoisotopic (exact) mass is 220 g/mol. The molecule has 1 aliphatic heterocycles. The Hall–Kier alpha value is -1.87. The molecule has 1 amide bonds. The minimum atomic E-state index is -0.263. The van der Waals surface area contributed by atoms with Crippen LogP contribution < -0.4 is 0 Å². The SMILES string of the molecule is Cn1ncc(C#N)c1C1CN(C=O)CCO1. The van der Waals surface area contributed by atoms with Gasteiger partial charge < -0.3 is 9.64 Å². The van der Waals surface area contributed by atoms with Gasteiger partial charge in [0.1, 0.15) is 12.2 Å². The van der Waals surface area contributed by atoms with E-state index >= 15 is 0 Å². The lowest BCUT2D eigenvalue weighted by Crippen LogP contribution is -2.38. The van der Waals surface area contributed by atoms with Gasteiger partial charge in [-0.2, -0.15) is 10.4 Å². The van der Waals surface area contributed by atoms with Crippen LogP contribution in [0, 0.1) is 11.3 Å². The molecule has 0 saturated carbocycles. The summed E-state index contributed by atoms with van der Waals surface area (Å²) in [6, 6.07) is 2.08. The summed E-state index contributed by atoms with van der Waals surface area (Å²) in [6.45, 7) is 1.55. The number of aromatic nitrogens is 2. The second kappa shape index (κ2) is 4.33. The van der Waals surface area contributed by atoms with Gasteiger partial charge in [0.2, 0.25) is 6.41 Å². The van der Waals surface area contributed by atoms with E-state index in [-0.39, 0.29) is 6.10 Å². The molecule has 1 aliphatic rings. The fraction of sp³-hybridized carbons (Fsp3) is 0.500. The first-order valence-electron chi connectivity index (χ1n) is 4.99. The van der Waals surface area contributed by atoms with E-state index in [1.54, 1.807) is 16.6 Å². The van der Waals surface area contributed by atoms with Crippen LogP contribution >= 0.6 is 0 Å². The Balaban J connectivity index is 2.26. The lowest BCUT2D eigenvalue weighted by Gasteiger charge is -2.30. The molecule has 2 heterocycles. The first-order chi connectivity index (χ1) is 7.76. The second-order valence-electron chi connectivity index (χ2n) is 3.64. The predicted molar refractivity (Wildman–Crippen MR) is 54.3 cm³/mol. The van der Waals surface area contributed by atoms with Crippen molar-refractivity contribution in [2.75, 3.05) is 19.7 Å². The third kappa shape index (κ3) is 1.77. The van der Waals surface area contributed by atoms with Crippen molar-refractivity contribution < 1.29 is 9.53 Å². The van der Waals surface area contributed by atoms with Gasteiger partial charge in [-0.1, -0.05) is 0 Å². The average Bonchev–Trinajstić information content (AvgIpc) is 2.70. The molecule has 0 spiro atoms. The van der Waals surface area contributed by atoms with Crippen molar-refractivity contribution in [3.8, 4) is 6.07 Å². The lowest BCUT2D eigenvalue weighted by atomic mass is 10.1. The highest BCUT2D eigenvalue weighted by Crippen LogP contribution is 2.23. The third-order valence-corrected chi connectivity index (χ3v) is 2.66. The normalized spacial score (nSPS) is 20.5. The zero-order valence-electron chi connectivity index (χ0n) is 8.96. The minimum absolute atomic E-state index is 0.263. The summed E-state index contributed by atoms with van der Waals surface area (Å²) < 4.78 is 7.19. The highest BCUT2D eigenvalue weighted by molar-refractivity contribution is 5.47. The van der Waals surface area contributed by atoms with E-state index in [9.17, 15) is 4.79 Å². The molecule has 1 aromatic rings. The maximum atomic E-state index is 10.7. The number of hydrogen-bond donors (Lipinski definition) is 0. The Morgan fingerprint density at radius 3 is 3.25 bits per heavy atom. The van der Waals surface area contributed by atoms with E-state index in [4.69, 9.17) is 10.00 Å². The van der Waals surface area contributed by atoms with Crippen LogP contribution in [0.4, 0.5) is 0 Å². The van der Waals surface area contributed by atoms with Gasteiger partial charge in [-0.3, -0.25) is 9.48 Å². The quantitative estimate of drug-likeness (QED) is 0.648. The predicted octanol–water partition coefficient (Wildman–Crippen LogP) is -0.179. The fourth-order valence-corrected chi connectivity index (χ4v) is 1.85. The van der Waals surface area contributed by atoms with Crippen LogP contribution in [0.2, 0.25) is 0 Å². The van der Waals surface area contributed by atoms with Gasteiger partial charge in [0.15, 0.2) is 0 Å². The number of morpholine rings is 1. The summed E-state index contributed by atoms with van der Waals surface area (Å²) >= 11 is 0. The number of ether oxygens (including phenoxy) is 1. The van der Waals surface area contributed by atoms with Crippen molar-refractivity contribution in [2.45, 2.75) is 6.10 Å². The van der Waals surface area contributed by atoms with E-state index in [1.165, 1.54) is 6.20 Å². The van der Waals surface area contributed by atoms with Crippen LogP contribution in [0.3, 0.4) is 0 Å². The molecule has 0 bridgehead atoms. The van der Waals surface area contributed by atoms with Crippen LogP contribution in [-0.2, 0) is 16.6 Å². The number of nitrogens with zero attached hydrogens (tertiary/aromatic N) is 4. The molecule has 1 fully saturated rings. The van der Waals surface area contributed by atoms with Crippen molar-refractivity contribution in [3.63, 3.8) is 0 Å². The molecular formula is C10H12N4O2. The van der Waals surface area contributed by atoms with E-state index in [0.717, 1.165) is 12.1 Å². The van der Waals surface area contributed by atoms with E-state index in [0.29, 0.717) is 25.3 Å². The number of hydrogen-bond acceptors (Lipinski definition) is 4. The van der Waals surface area contributed by atoms with Crippen molar-refractivity contribution in [1.29, 1.82) is 5.26 Å². The number of nitriles is 1. The largest absolute Gasteiger partial charge is 0.368 e. The smallest absolute Gasteiger partial charge is 0.209 e. The average molecular weight is 220 g/mol. The molecular weight excluding hydrogens is 208 g/mol. The van der Waals surface area contributed by atoms with E-state index < -0.39 is 0 Å². The fourth-order valence-electron chi connectivity index (χ4n) is 1.85. The van der Waals surface area contributed by atoms with Crippen molar-refractivity contribution >= 4 is 6.41 Å². The Morgan fingerprint density at radius 1 is 1.75 bits per heavy atom. The van der Waals surface area contributed by atoms with Gasteiger partial charge >= 0.3 is 0 Å². The summed E-state index contributed by atoms with van der Waals surface area (Å²) in [4.78, 5) is 12.3. The molecule has 1 unspecified atom stereocenters. The molecule has 1 aromatic heterocycles. The van der Waals surface area contributed by atoms with Crippen LogP contribution in [0.15, 0.2) is 6.20 Å². The molecule has 84 valence electrons. The highest BCUT2D eigenvalue weighted by Gasteiger charge is 2.26. The Kier molecular flexibility index (Phi) is 2.88. The van der Waals surface area contributed by atoms with Crippen LogP contribution in [0.1, 0.15) is 17.4 Å². The Bertz CT molecular complexity index is 435. The number of amides is 1. The highest BCUT2D eigenvalue weighted by atomic mass is 16.5. The summed E-state index contributed by atoms with van der Waals surface area (Å²) in [5.41, 5.74) is 1.23. The molecule has 0 N–H and O–H groups in total. The minimum Gasteiger partial charge on any atom is -0.368 e. The molecule has 6 heteroatoms. The van der Waals surface area contributed by atoms with Gasteiger partial charge in [0.25, 0.3) is 0 Å². The zero-order valence-corrected chi connectivity index (χ0v) is 8.96. The maximum Gasteiger partial charge on any atom is 0.209 e. The van der Waals surface area contributed by atoms with E-state index in [1.807, 2.05) is 0 Å². The van der Waals surface area contributed by atoms with Crippen LogP contribution in [0.5, 0.6) is 0 Å². The first kappa shape index (κ1) is 10.6. The zero-order chi connectivity index (χ0) is 11.5. The molecule has 1 saturated heterocycles. The summed E-state index contributed by atoms with van der Waals surface area (Å²) in [5, 5.41) is 13.0. The van der Waals surface area contributed by atoms with Gasteiger partial charge in [-0.05, 0) is 0 Å². The van der Waals surface area contributed by atoms with Crippen molar-refractivity contribution in [2.24, 2.45) is 7.05 Å². The molecule has 6 nitrogen and oxygen atoms in total. The van der Waals surface area contributed by atoms with Gasteiger partial charge in [-0.15, -0.1) is 0 Å². The standard InChI is InChI=1S/C10H12N4O2/c1-13-10(8(4-11)5-12-13)9-6-14(7-15)2-3-16-9/h5,7,9H,2-3,6H2,1H3.